The number of hydrogen-bond donors (Lipinski definition) is 5. The highest BCUT2D eigenvalue weighted by Crippen LogP contribution is 2.50. The molecule has 0 unspecified atom stereocenters. The van der Waals surface area contributed by atoms with Crippen molar-refractivity contribution < 1.29 is 39.6 Å². The van der Waals surface area contributed by atoms with E-state index in [4.69, 9.17) is 10.6 Å². The van der Waals surface area contributed by atoms with E-state index in [1.165, 1.54) is 13.3 Å². The Labute approximate surface area is 222 Å². The van der Waals surface area contributed by atoms with Crippen LogP contribution >= 0.6 is 0 Å². The van der Waals surface area contributed by atoms with Crippen LogP contribution in [0.4, 0.5) is 0 Å². The predicted octanol–water partition coefficient (Wildman–Crippen LogP) is 2.33. The third kappa shape index (κ3) is 5.61. The average molecular weight is 531 g/mol. The van der Waals surface area contributed by atoms with Crippen molar-refractivity contribution in [1.82, 2.24) is 0 Å². The maximum Gasteiger partial charge on any atom is 0.225 e. The van der Waals surface area contributed by atoms with E-state index in [0.29, 0.717) is 23.1 Å². The molecule has 2 aliphatic carbocycles. The number of oxime groups is 1. The molecule has 0 bridgehead atoms. The molecule has 0 aliphatic heterocycles. The maximum atomic E-state index is 13.7. The molecule has 1 fully saturated rings. The van der Waals surface area contributed by atoms with Crippen LogP contribution in [0.2, 0.25) is 0 Å². The Kier molecular flexibility index (Phi) is 8.68. The fraction of sp³-hybridized carbons (Fsp3) is 0.571. The van der Waals surface area contributed by atoms with Gasteiger partial charge in [0.2, 0.25) is 11.7 Å². The van der Waals surface area contributed by atoms with Gasteiger partial charge >= 0.3 is 0 Å². The number of aryl methyl sites for hydroxylation is 1. The minimum absolute atomic E-state index is 0.0562. The Bertz CT molecular complexity index is 1180. The minimum atomic E-state index is -2.63. The average Bonchev–Trinajstić information content (AvgIpc) is 2.81. The van der Waals surface area contributed by atoms with Gasteiger partial charge in [-0.2, -0.15) is 0 Å². The van der Waals surface area contributed by atoms with Crippen LogP contribution in [0.1, 0.15) is 75.1 Å². The van der Waals surface area contributed by atoms with Crippen LogP contribution in [-0.4, -0.2) is 63.4 Å². The molecule has 10 nitrogen and oxygen atoms in total. The topological polar surface area (TPSA) is 180 Å². The molecule has 0 aromatic heterocycles. The number of fused-ring (bicyclic) bond motifs is 2. The number of carbonyl (C=O) groups is 3. The molecule has 208 valence electrons. The summed E-state index contributed by atoms with van der Waals surface area (Å²) in [7, 11) is 1.40. The summed E-state index contributed by atoms with van der Waals surface area (Å²) in [4.78, 5) is 42.9. The van der Waals surface area contributed by atoms with Crippen LogP contribution in [0, 0.1) is 17.3 Å². The summed E-state index contributed by atoms with van der Waals surface area (Å²) in [6, 6.07) is 1.79. The first-order valence-corrected chi connectivity index (χ1v) is 12.8. The number of Topliss-reactive ketones (excluding diaryl/α,β-unsaturated/α-hetero) is 2. The van der Waals surface area contributed by atoms with Gasteiger partial charge in [0, 0.05) is 23.7 Å². The second kappa shape index (κ2) is 11.2. The zero-order valence-electron chi connectivity index (χ0n) is 22.4. The van der Waals surface area contributed by atoms with Crippen molar-refractivity contribution in [2.24, 2.45) is 28.1 Å². The second-order valence-corrected chi connectivity index (χ2v) is 11.4. The number of nitrogens with zero attached hydrogens (tertiary/aromatic N) is 1. The second-order valence-electron chi connectivity index (χ2n) is 11.4. The molecule has 3 rings (SSSR count). The summed E-state index contributed by atoms with van der Waals surface area (Å²) in [6.45, 7) is 5.95. The van der Waals surface area contributed by atoms with Gasteiger partial charge in [0.15, 0.2) is 11.4 Å². The highest BCUT2D eigenvalue weighted by molar-refractivity contribution is 6.23. The van der Waals surface area contributed by atoms with Crippen molar-refractivity contribution in [3.8, 4) is 5.75 Å². The number of aliphatic hydroxyl groups is 3. The largest absolute Gasteiger partial charge is 0.507 e. The van der Waals surface area contributed by atoms with Crippen molar-refractivity contribution in [2.75, 3.05) is 13.7 Å². The van der Waals surface area contributed by atoms with Gasteiger partial charge in [0.1, 0.15) is 18.6 Å². The third-order valence-corrected chi connectivity index (χ3v) is 7.53. The first-order chi connectivity index (χ1) is 17.8. The van der Waals surface area contributed by atoms with Crippen molar-refractivity contribution >= 4 is 29.4 Å². The van der Waals surface area contributed by atoms with E-state index < -0.39 is 53.7 Å². The van der Waals surface area contributed by atoms with Crippen LogP contribution in [0.15, 0.2) is 16.8 Å². The van der Waals surface area contributed by atoms with E-state index in [0.717, 1.165) is 12.8 Å². The molecule has 1 saturated carbocycles. The van der Waals surface area contributed by atoms with Gasteiger partial charge in [-0.25, -0.2) is 0 Å². The fourth-order valence-electron chi connectivity index (χ4n) is 5.70. The lowest BCUT2D eigenvalue weighted by Gasteiger charge is -2.43. The zero-order chi connectivity index (χ0) is 28.4. The molecule has 3 atom stereocenters. The molecule has 0 saturated heterocycles. The number of benzene rings is 1. The highest BCUT2D eigenvalue weighted by atomic mass is 16.6. The number of primary amides is 1. The monoisotopic (exact) mass is 530 g/mol. The Morgan fingerprint density at radius 2 is 1.97 bits per heavy atom. The number of carbonyl (C=O) groups excluding carboxylic acids is 3. The maximum absolute atomic E-state index is 13.7. The van der Waals surface area contributed by atoms with Crippen LogP contribution < -0.4 is 5.73 Å². The summed E-state index contributed by atoms with van der Waals surface area (Å²) in [5.41, 5.74) is 4.21. The van der Waals surface area contributed by atoms with Gasteiger partial charge in [0.25, 0.3) is 0 Å². The van der Waals surface area contributed by atoms with Crippen LogP contribution in [0.25, 0.3) is 5.76 Å². The quantitative estimate of drug-likeness (QED) is 0.174. The van der Waals surface area contributed by atoms with Crippen LogP contribution in [-0.2, 0) is 32.1 Å². The molecule has 0 spiro atoms. The standard InChI is InChI=1S/C28H38N2O8/c1-27(2,3)8-5-6-15-10-17(14-30-38-4)19-12-16-11-18(7-9-31)28(37,20(32)13-21(29)33)26(36)22(16)25(35)23(19)24(15)34/h10,14,16,18,31,34-35,37H,5-9,11-13H2,1-4H3,(H2,29,33)/b30-14+/t16-,18-,28-/m1/s1. The molecule has 1 aromatic rings. The Morgan fingerprint density at radius 3 is 2.55 bits per heavy atom. The normalized spacial score (nSPS) is 23.4. The van der Waals surface area contributed by atoms with E-state index in [9.17, 15) is 34.8 Å². The first-order valence-electron chi connectivity index (χ1n) is 12.8. The third-order valence-electron chi connectivity index (χ3n) is 7.53. The van der Waals surface area contributed by atoms with Gasteiger partial charge in [-0.15, -0.1) is 0 Å². The molecule has 2 aliphatic rings. The summed E-state index contributed by atoms with van der Waals surface area (Å²) >= 11 is 0. The van der Waals surface area contributed by atoms with Crippen LogP contribution in [0.5, 0.6) is 5.75 Å². The van der Waals surface area contributed by atoms with E-state index >= 15 is 0 Å². The predicted molar refractivity (Wildman–Crippen MR) is 140 cm³/mol. The molecule has 0 heterocycles. The summed E-state index contributed by atoms with van der Waals surface area (Å²) < 4.78 is 0. The van der Waals surface area contributed by atoms with Gasteiger partial charge in [-0.1, -0.05) is 25.9 Å². The number of amides is 1. The van der Waals surface area contributed by atoms with Gasteiger partial charge < -0.3 is 31.0 Å². The molecule has 1 aromatic carbocycles. The van der Waals surface area contributed by atoms with Crippen molar-refractivity contribution in [3.63, 3.8) is 0 Å². The Morgan fingerprint density at radius 1 is 1.29 bits per heavy atom. The molecule has 6 N–H and O–H groups in total. The van der Waals surface area contributed by atoms with E-state index in [1.54, 1.807) is 6.07 Å². The van der Waals surface area contributed by atoms with E-state index in [1.807, 2.05) is 0 Å². The number of phenolic OH excluding ortho intramolecular Hbond substituents is 1. The number of phenols is 1. The van der Waals surface area contributed by atoms with Gasteiger partial charge in [0.05, 0.1) is 18.2 Å². The summed E-state index contributed by atoms with van der Waals surface area (Å²) in [5, 5.41) is 47.5. The fourth-order valence-corrected chi connectivity index (χ4v) is 5.70. The minimum Gasteiger partial charge on any atom is -0.507 e. The number of aliphatic hydroxyl groups excluding tert-OH is 2. The number of rotatable bonds is 10. The van der Waals surface area contributed by atoms with E-state index in [-0.39, 0.29) is 41.6 Å². The summed E-state index contributed by atoms with van der Waals surface area (Å²) in [6.07, 6.45) is 3.00. The van der Waals surface area contributed by atoms with Crippen LogP contribution in [0.3, 0.4) is 0 Å². The lowest BCUT2D eigenvalue weighted by Crippen LogP contribution is -2.59. The van der Waals surface area contributed by atoms with Crippen molar-refractivity contribution in [2.45, 2.75) is 71.3 Å². The number of nitrogens with two attached hydrogens (primary N) is 1. The van der Waals surface area contributed by atoms with Gasteiger partial charge in [-0.3, -0.25) is 14.4 Å². The lowest BCUT2D eigenvalue weighted by atomic mass is 9.61. The SMILES string of the molecule is CO/N=C/c1cc(CCCC(C)(C)C)c(O)c2c1C[C@H]1C[C@@H](CCO)[C@@](O)(C(=O)CC(N)=O)C(=O)C1=C2O. The number of aromatic hydroxyl groups is 1. The Balaban J connectivity index is 2.17. The molecule has 1 amide bonds. The Hall–Kier alpha value is -3.24. The molecule has 10 heteroatoms. The first kappa shape index (κ1) is 29.3. The highest BCUT2D eigenvalue weighted by Gasteiger charge is 2.57. The lowest BCUT2D eigenvalue weighted by molar-refractivity contribution is -0.159. The van der Waals surface area contributed by atoms with Crippen molar-refractivity contribution in [3.05, 3.63) is 33.9 Å². The van der Waals surface area contributed by atoms with E-state index in [2.05, 4.69) is 25.9 Å². The molecule has 0 radical (unpaired) electrons. The van der Waals surface area contributed by atoms with Gasteiger partial charge in [-0.05, 0) is 67.1 Å². The smallest absolute Gasteiger partial charge is 0.225 e. The molecular formula is C28H38N2O8. The van der Waals surface area contributed by atoms with Crippen molar-refractivity contribution in [1.29, 1.82) is 0 Å². The zero-order valence-corrected chi connectivity index (χ0v) is 22.4. The number of hydrogen-bond acceptors (Lipinski definition) is 9. The summed E-state index contributed by atoms with van der Waals surface area (Å²) in [5.74, 6) is -5.41. The molecule has 38 heavy (non-hydrogen) atoms. The number of ketones is 2. The molecular weight excluding hydrogens is 492 g/mol.